The van der Waals surface area contributed by atoms with Crippen molar-refractivity contribution >= 4 is 11.6 Å². The zero-order valence-electron chi connectivity index (χ0n) is 10.3. The number of hydrazone groups is 1. The second-order valence-corrected chi connectivity index (χ2v) is 3.89. The Morgan fingerprint density at radius 2 is 1.95 bits per heavy atom. The van der Waals surface area contributed by atoms with Crippen LogP contribution in [0.3, 0.4) is 0 Å². The Balaban J connectivity index is 2.06. The maximum absolute atomic E-state index is 12.8. The van der Waals surface area contributed by atoms with Crippen LogP contribution >= 0.6 is 0 Å². The summed E-state index contributed by atoms with van der Waals surface area (Å²) in [6.07, 6.45) is 3.04. The molecule has 0 radical (unpaired) electrons. The number of amides is 1. The van der Waals surface area contributed by atoms with Gasteiger partial charge in [0.05, 0.1) is 11.3 Å². The van der Waals surface area contributed by atoms with E-state index < -0.39 is 0 Å². The molecular weight excluding hydrogens is 245 g/mol. The Labute approximate surface area is 110 Å². The third kappa shape index (κ3) is 3.45. The van der Waals surface area contributed by atoms with E-state index in [0.29, 0.717) is 11.3 Å². The molecule has 19 heavy (non-hydrogen) atoms. The van der Waals surface area contributed by atoms with E-state index in [4.69, 9.17) is 0 Å². The monoisotopic (exact) mass is 257 g/mol. The Kier molecular flexibility index (Phi) is 3.97. The van der Waals surface area contributed by atoms with Gasteiger partial charge in [-0.3, -0.25) is 9.78 Å². The molecule has 0 atom stereocenters. The lowest BCUT2D eigenvalue weighted by Crippen LogP contribution is -2.19. The van der Waals surface area contributed by atoms with Crippen molar-refractivity contribution in [2.45, 2.75) is 6.92 Å². The van der Waals surface area contributed by atoms with Gasteiger partial charge in [-0.1, -0.05) is 12.1 Å². The van der Waals surface area contributed by atoms with Crippen molar-refractivity contribution in [1.29, 1.82) is 0 Å². The molecule has 0 saturated carbocycles. The molecule has 1 aromatic heterocycles. The van der Waals surface area contributed by atoms with Crippen molar-refractivity contribution < 1.29 is 9.18 Å². The standard InChI is InChI=1S/C14H12FN3O/c1-10(11-4-6-13(15)7-5-11)17-18-14(19)12-3-2-8-16-9-12/h2-9H,1H3,(H,18,19)/b17-10+. The van der Waals surface area contributed by atoms with E-state index in [0.717, 1.165) is 5.56 Å². The van der Waals surface area contributed by atoms with Crippen molar-refractivity contribution in [3.63, 3.8) is 0 Å². The molecule has 0 aliphatic carbocycles. The SMILES string of the molecule is C/C(=N\NC(=O)c1cccnc1)c1ccc(F)cc1. The van der Waals surface area contributed by atoms with Gasteiger partial charge in [-0.25, -0.2) is 9.82 Å². The molecule has 0 spiro atoms. The lowest BCUT2D eigenvalue weighted by molar-refractivity contribution is 0.0954. The van der Waals surface area contributed by atoms with Gasteiger partial charge in [-0.15, -0.1) is 0 Å². The molecule has 1 amide bonds. The average Bonchev–Trinajstić information content (AvgIpc) is 2.46. The minimum atomic E-state index is -0.338. The Morgan fingerprint density at radius 1 is 1.21 bits per heavy atom. The second kappa shape index (κ2) is 5.86. The quantitative estimate of drug-likeness (QED) is 0.678. The number of hydrogen-bond donors (Lipinski definition) is 1. The van der Waals surface area contributed by atoms with Crippen LogP contribution in [0.1, 0.15) is 22.8 Å². The molecule has 4 nitrogen and oxygen atoms in total. The average molecular weight is 257 g/mol. The van der Waals surface area contributed by atoms with Gasteiger partial charge in [0.1, 0.15) is 5.82 Å². The fourth-order valence-electron chi connectivity index (χ4n) is 1.45. The highest BCUT2D eigenvalue weighted by Gasteiger charge is 2.04. The summed E-state index contributed by atoms with van der Waals surface area (Å²) < 4.78 is 12.8. The third-order valence-electron chi connectivity index (χ3n) is 2.51. The van der Waals surface area contributed by atoms with E-state index in [1.807, 2.05) is 0 Å². The lowest BCUT2D eigenvalue weighted by atomic mass is 10.1. The van der Waals surface area contributed by atoms with Crippen LogP contribution in [-0.2, 0) is 0 Å². The molecular formula is C14H12FN3O. The fourth-order valence-corrected chi connectivity index (χ4v) is 1.45. The molecule has 1 heterocycles. The fraction of sp³-hybridized carbons (Fsp3) is 0.0714. The number of rotatable bonds is 3. The number of halogens is 1. The molecule has 0 aliphatic heterocycles. The third-order valence-corrected chi connectivity index (χ3v) is 2.51. The summed E-state index contributed by atoms with van der Waals surface area (Å²) in [5.74, 6) is -0.648. The largest absolute Gasteiger partial charge is 0.272 e. The first-order chi connectivity index (χ1) is 9.16. The molecule has 1 N–H and O–H groups in total. The first kappa shape index (κ1) is 12.9. The van der Waals surface area contributed by atoms with E-state index in [2.05, 4.69) is 15.5 Å². The van der Waals surface area contributed by atoms with E-state index in [1.54, 1.807) is 37.4 Å². The van der Waals surface area contributed by atoms with Gasteiger partial charge in [-0.05, 0) is 36.8 Å². The maximum atomic E-state index is 12.8. The molecule has 0 fully saturated rings. The predicted molar refractivity (Wildman–Crippen MR) is 70.3 cm³/mol. The van der Waals surface area contributed by atoms with Gasteiger partial charge in [0.2, 0.25) is 0 Å². The minimum absolute atomic E-state index is 0.309. The summed E-state index contributed by atoms with van der Waals surface area (Å²) >= 11 is 0. The summed E-state index contributed by atoms with van der Waals surface area (Å²) in [5, 5.41) is 3.97. The van der Waals surface area contributed by atoms with Crippen LogP contribution in [-0.4, -0.2) is 16.6 Å². The highest BCUT2D eigenvalue weighted by molar-refractivity contribution is 6.00. The van der Waals surface area contributed by atoms with Crippen molar-refractivity contribution in [3.8, 4) is 0 Å². The number of benzene rings is 1. The predicted octanol–water partition coefficient (Wildman–Crippen LogP) is 2.37. The smallest absolute Gasteiger partial charge is 0.267 e. The highest BCUT2D eigenvalue weighted by atomic mass is 19.1. The van der Waals surface area contributed by atoms with Crippen LogP contribution in [0, 0.1) is 5.82 Å². The Morgan fingerprint density at radius 3 is 2.58 bits per heavy atom. The molecule has 1 aromatic carbocycles. The number of carbonyl (C=O) groups excluding carboxylic acids is 1. The van der Waals surface area contributed by atoms with Crippen LogP contribution in [0.5, 0.6) is 0 Å². The summed E-state index contributed by atoms with van der Waals surface area (Å²) in [5.41, 5.74) is 4.19. The topological polar surface area (TPSA) is 54.4 Å². The van der Waals surface area contributed by atoms with E-state index in [1.165, 1.54) is 18.3 Å². The molecule has 0 aliphatic rings. The van der Waals surface area contributed by atoms with Gasteiger partial charge in [0.25, 0.3) is 5.91 Å². The lowest BCUT2D eigenvalue weighted by Gasteiger charge is -2.02. The van der Waals surface area contributed by atoms with Crippen molar-refractivity contribution in [2.75, 3.05) is 0 Å². The van der Waals surface area contributed by atoms with Crippen LogP contribution in [0.15, 0.2) is 53.9 Å². The van der Waals surface area contributed by atoms with Crippen molar-refractivity contribution in [2.24, 2.45) is 5.10 Å². The summed E-state index contributed by atoms with van der Waals surface area (Å²) in [6.45, 7) is 1.73. The van der Waals surface area contributed by atoms with Crippen LogP contribution in [0.25, 0.3) is 0 Å². The Hall–Kier alpha value is -2.56. The zero-order valence-corrected chi connectivity index (χ0v) is 10.3. The number of nitrogens with one attached hydrogen (secondary N) is 1. The first-order valence-electron chi connectivity index (χ1n) is 5.67. The van der Waals surface area contributed by atoms with E-state index in [-0.39, 0.29) is 11.7 Å². The van der Waals surface area contributed by atoms with Gasteiger partial charge >= 0.3 is 0 Å². The molecule has 96 valence electrons. The van der Waals surface area contributed by atoms with Gasteiger partial charge in [0.15, 0.2) is 0 Å². The summed E-state index contributed by atoms with van der Waals surface area (Å²) in [6, 6.07) is 9.21. The van der Waals surface area contributed by atoms with Gasteiger partial charge in [0, 0.05) is 12.4 Å². The van der Waals surface area contributed by atoms with Gasteiger partial charge in [-0.2, -0.15) is 5.10 Å². The molecule has 0 saturated heterocycles. The van der Waals surface area contributed by atoms with Gasteiger partial charge < -0.3 is 0 Å². The molecule has 0 unspecified atom stereocenters. The van der Waals surface area contributed by atoms with Crippen LogP contribution in [0.4, 0.5) is 4.39 Å². The van der Waals surface area contributed by atoms with Crippen LogP contribution < -0.4 is 5.43 Å². The second-order valence-electron chi connectivity index (χ2n) is 3.89. The van der Waals surface area contributed by atoms with Crippen molar-refractivity contribution in [1.82, 2.24) is 10.4 Å². The normalized spacial score (nSPS) is 11.2. The number of nitrogens with zero attached hydrogens (tertiary/aromatic N) is 2. The minimum Gasteiger partial charge on any atom is -0.267 e. The van der Waals surface area contributed by atoms with Crippen LogP contribution in [0.2, 0.25) is 0 Å². The number of aromatic nitrogens is 1. The zero-order chi connectivity index (χ0) is 13.7. The summed E-state index contributed by atoms with van der Waals surface area (Å²) in [4.78, 5) is 15.6. The molecule has 0 bridgehead atoms. The number of pyridine rings is 1. The number of carbonyl (C=O) groups is 1. The maximum Gasteiger partial charge on any atom is 0.272 e. The first-order valence-corrected chi connectivity index (χ1v) is 5.67. The Bertz CT molecular complexity index is 594. The number of hydrogen-bond acceptors (Lipinski definition) is 3. The molecule has 5 heteroatoms. The highest BCUT2D eigenvalue weighted by Crippen LogP contribution is 2.04. The molecule has 2 aromatic rings. The van der Waals surface area contributed by atoms with Crippen molar-refractivity contribution in [3.05, 3.63) is 65.7 Å². The van der Waals surface area contributed by atoms with E-state index >= 15 is 0 Å². The summed E-state index contributed by atoms with van der Waals surface area (Å²) in [7, 11) is 0. The van der Waals surface area contributed by atoms with E-state index in [9.17, 15) is 9.18 Å². The molecule has 2 rings (SSSR count).